The molecule has 402 valence electrons. The van der Waals surface area contributed by atoms with Crippen LogP contribution >= 0.6 is 0 Å². The van der Waals surface area contributed by atoms with Gasteiger partial charge >= 0.3 is 22.5 Å². The minimum absolute atomic E-state index is 0.00594. The summed E-state index contributed by atoms with van der Waals surface area (Å²) in [5.74, 6) is -0.424. The number of nitrogens with one attached hydrogen (secondary N) is 1. The van der Waals surface area contributed by atoms with E-state index in [0.717, 1.165) is 17.5 Å². The molecule has 3 heterocycles. The van der Waals surface area contributed by atoms with Crippen molar-refractivity contribution in [1.82, 2.24) is 19.5 Å². The summed E-state index contributed by atoms with van der Waals surface area (Å²) in [7, 11) is -3.37. The fraction of sp³-hybridized carbons (Fsp3) is 0.302. The van der Waals surface area contributed by atoms with E-state index in [-0.39, 0.29) is 67.4 Å². The van der Waals surface area contributed by atoms with Crippen molar-refractivity contribution in [3.8, 4) is 5.75 Å². The molecule has 7 aromatic rings. The molecule has 77 heavy (non-hydrogen) atoms. The van der Waals surface area contributed by atoms with Crippen LogP contribution in [0.2, 0.25) is 0 Å². The number of anilines is 1. The van der Waals surface area contributed by atoms with Crippen molar-refractivity contribution in [2.24, 2.45) is 0 Å². The summed E-state index contributed by atoms with van der Waals surface area (Å²) < 4.78 is 72.5. The second kappa shape index (κ2) is 25.5. The summed E-state index contributed by atoms with van der Waals surface area (Å²) in [5.41, 5.74) is 1.98. The Labute approximate surface area is 441 Å². The number of carboxylic acid groups (broad SMARTS) is 1. The van der Waals surface area contributed by atoms with Gasteiger partial charge in [0.15, 0.2) is 29.3 Å². The van der Waals surface area contributed by atoms with E-state index in [0.29, 0.717) is 41.7 Å². The first-order valence-corrected chi connectivity index (χ1v) is 25.6. The number of fused-ring (bicyclic) bond motifs is 1. The molecule has 1 aliphatic rings. The highest BCUT2D eigenvalue weighted by atomic mass is 32.3. The van der Waals surface area contributed by atoms with Crippen LogP contribution in [-0.2, 0) is 60.9 Å². The highest BCUT2D eigenvalue weighted by Gasteiger charge is 2.52. The fourth-order valence-corrected chi connectivity index (χ4v) is 9.61. The molecule has 0 radical (unpaired) electrons. The van der Waals surface area contributed by atoms with Crippen LogP contribution in [0.5, 0.6) is 5.75 Å². The predicted molar refractivity (Wildman–Crippen MR) is 275 cm³/mol. The number of nitro groups is 2. The lowest BCUT2D eigenvalue weighted by Crippen LogP contribution is -2.42. The van der Waals surface area contributed by atoms with E-state index in [1.807, 2.05) is 84.9 Å². The molecule has 23 nitrogen and oxygen atoms in total. The number of hydrogen-bond acceptors (Lipinski definition) is 18. The molecule has 1 fully saturated rings. The zero-order valence-corrected chi connectivity index (χ0v) is 42.2. The molecule has 0 spiro atoms. The smallest absolute Gasteiger partial charge is 0.412 e. The van der Waals surface area contributed by atoms with Crippen LogP contribution < -0.4 is 10.1 Å². The highest BCUT2D eigenvalue weighted by Crippen LogP contribution is 2.44. The van der Waals surface area contributed by atoms with Crippen molar-refractivity contribution >= 4 is 50.8 Å². The largest absolute Gasteiger partial charge is 0.497 e. The van der Waals surface area contributed by atoms with E-state index in [9.17, 15) is 43.3 Å². The minimum atomic E-state index is -4.93. The Hall–Kier alpha value is -8.26. The number of carbonyl (C=O) groups is 2. The third kappa shape index (κ3) is 13.8. The zero-order chi connectivity index (χ0) is 54.4. The third-order valence-electron chi connectivity index (χ3n) is 12.6. The van der Waals surface area contributed by atoms with E-state index in [4.69, 9.17) is 32.1 Å². The van der Waals surface area contributed by atoms with Crippen LogP contribution in [0.3, 0.4) is 0 Å². The topological polar surface area (TPSA) is 295 Å². The average molecular weight is 1080 g/mol. The van der Waals surface area contributed by atoms with Gasteiger partial charge in [-0.05, 0) is 59.2 Å². The molecule has 0 unspecified atom stereocenters. The molecule has 5 aromatic carbocycles. The number of nitro benzene ring substituents is 2. The van der Waals surface area contributed by atoms with Crippen LogP contribution in [0.25, 0.3) is 11.2 Å². The van der Waals surface area contributed by atoms with Gasteiger partial charge in [-0.1, -0.05) is 103 Å². The third-order valence-corrected chi connectivity index (χ3v) is 13.5. The maximum absolute atomic E-state index is 14.1. The van der Waals surface area contributed by atoms with Gasteiger partial charge in [0, 0.05) is 43.7 Å². The molecular formula is C53H53N7O16S. The number of methoxy groups -OCH3 is 1. The molecule has 1 aliphatic heterocycles. The predicted octanol–water partition coefficient (Wildman–Crippen LogP) is 8.27. The quantitative estimate of drug-likeness (QED) is 0.0212. The van der Waals surface area contributed by atoms with Gasteiger partial charge < -0.3 is 28.8 Å². The summed E-state index contributed by atoms with van der Waals surface area (Å²) in [5, 5.41) is 34.2. The lowest BCUT2D eigenvalue weighted by molar-refractivity contribution is -0.385. The molecule has 0 saturated carbocycles. The van der Waals surface area contributed by atoms with Crippen molar-refractivity contribution < 1.29 is 65.0 Å². The first kappa shape index (κ1) is 55.0. The lowest BCUT2D eigenvalue weighted by Gasteiger charge is -2.37. The molecule has 1 saturated heterocycles. The molecule has 2 aromatic heterocycles. The number of carbonyl (C=O) groups excluding carboxylic acids is 1. The van der Waals surface area contributed by atoms with Gasteiger partial charge in [0.05, 0.1) is 43.1 Å². The SMILES string of the molecule is COc1ccc(C(OC[C@H]2O[C@@H](n3cnc4c(NC(=O)OCCc5ccc([N+](=O)[O-])cc5)ncnc43)[C@H](OS(=O)(=O)OCCc3ccc([N+](=O)[O-])cc3)[C@@H]2OCCCCCC(=O)O)(c2ccccc2)c2ccccc2)cc1. The number of imidazole rings is 1. The molecule has 2 N–H and O–H groups in total. The Kier molecular flexibility index (Phi) is 18.2. The van der Waals surface area contributed by atoms with Crippen molar-refractivity contribution in [2.75, 3.05) is 38.9 Å². The summed E-state index contributed by atoms with van der Waals surface area (Å²) in [6.45, 7) is -0.772. The number of rotatable bonds is 27. The number of hydrogen-bond donors (Lipinski definition) is 2. The molecule has 0 aliphatic carbocycles. The van der Waals surface area contributed by atoms with Gasteiger partial charge in [0.2, 0.25) is 0 Å². The van der Waals surface area contributed by atoms with Gasteiger partial charge in [0.25, 0.3) is 11.4 Å². The van der Waals surface area contributed by atoms with Crippen LogP contribution in [0.4, 0.5) is 22.0 Å². The minimum Gasteiger partial charge on any atom is -0.497 e. The Balaban J connectivity index is 1.13. The van der Waals surface area contributed by atoms with Crippen molar-refractivity contribution in [3.63, 3.8) is 0 Å². The van der Waals surface area contributed by atoms with E-state index in [1.165, 1.54) is 47.3 Å². The van der Waals surface area contributed by atoms with E-state index < -0.39 is 69.1 Å². The van der Waals surface area contributed by atoms with Crippen LogP contribution in [0.1, 0.15) is 59.7 Å². The molecule has 4 atom stereocenters. The Morgan fingerprint density at radius 2 is 1.34 bits per heavy atom. The number of unbranched alkanes of at least 4 members (excludes halogenated alkanes) is 2. The molecular weight excluding hydrogens is 1020 g/mol. The van der Waals surface area contributed by atoms with E-state index >= 15 is 0 Å². The van der Waals surface area contributed by atoms with E-state index in [1.54, 1.807) is 19.2 Å². The van der Waals surface area contributed by atoms with Gasteiger partial charge in [-0.3, -0.25) is 34.9 Å². The van der Waals surface area contributed by atoms with Crippen LogP contribution in [0, 0.1) is 20.2 Å². The van der Waals surface area contributed by atoms with Crippen LogP contribution in [0.15, 0.2) is 146 Å². The second-order valence-electron chi connectivity index (χ2n) is 17.5. The Morgan fingerprint density at radius 3 is 1.92 bits per heavy atom. The lowest BCUT2D eigenvalue weighted by atomic mass is 9.80. The zero-order valence-electron chi connectivity index (χ0n) is 41.4. The Bertz CT molecular complexity index is 3190. The molecule has 8 rings (SSSR count). The molecule has 0 bridgehead atoms. The highest BCUT2D eigenvalue weighted by molar-refractivity contribution is 7.81. The monoisotopic (exact) mass is 1080 g/mol. The second-order valence-corrected chi connectivity index (χ2v) is 18.7. The number of amides is 1. The Morgan fingerprint density at radius 1 is 0.740 bits per heavy atom. The molecule has 1 amide bonds. The number of nitrogens with zero attached hydrogens (tertiary/aromatic N) is 6. The number of benzene rings is 5. The van der Waals surface area contributed by atoms with Gasteiger partial charge in [-0.2, -0.15) is 8.42 Å². The maximum atomic E-state index is 14.1. The number of aromatic nitrogens is 4. The van der Waals surface area contributed by atoms with Crippen molar-refractivity contribution in [3.05, 3.63) is 194 Å². The number of non-ortho nitro benzene ring substituents is 2. The van der Waals surface area contributed by atoms with Crippen molar-refractivity contribution in [2.45, 2.75) is 68.7 Å². The number of ether oxygens (including phenoxy) is 5. The van der Waals surface area contributed by atoms with Gasteiger partial charge in [-0.25, -0.2) is 28.1 Å². The summed E-state index contributed by atoms with van der Waals surface area (Å²) in [6, 6.07) is 37.7. The summed E-state index contributed by atoms with van der Waals surface area (Å²) in [6.07, 6.45) is -2.42. The summed E-state index contributed by atoms with van der Waals surface area (Å²) >= 11 is 0. The van der Waals surface area contributed by atoms with Gasteiger partial charge in [-0.15, -0.1) is 0 Å². The molecule has 24 heteroatoms. The van der Waals surface area contributed by atoms with Gasteiger partial charge in [0.1, 0.15) is 29.9 Å². The van der Waals surface area contributed by atoms with Crippen molar-refractivity contribution in [1.29, 1.82) is 0 Å². The first-order chi connectivity index (χ1) is 37.2. The number of aliphatic carboxylic acids is 1. The maximum Gasteiger partial charge on any atom is 0.412 e. The number of carboxylic acids is 1. The average Bonchev–Trinajstić information content (AvgIpc) is 4.05. The van der Waals surface area contributed by atoms with E-state index in [2.05, 4.69) is 20.3 Å². The normalized spacial score (nSPS) is 16.5. The van der Waals surface area contributed by atoms with Crippen LogP contribution in [-0.4, -0.2) is 107 Å². The standard InChI is InChI=1S/C53H53N7O16S/c1-70-43-26-20-40(21-27-43)53(38-11-5-2-6-12-38,39-13-7-3-8-14-39)73-33-44-47(71-30-10-4-9-15-45(61)62)48(76-77(68,69)74-32-29-37-18-24-42(25-19-37)60(66)67)51(75-44)58-35-56-46-49(54-34-55-50(46)58)57-52(63)72-31-28-36-16-22-41(23-17-36)59(64)65/h2-3,5-8,11-14,16-27,34-35,44,47-48,51H,4,9-10,15,28-33H2,1H3,(H,61,62)(H,54,55,57,63)/t44-,47-,48-,51-/m1/s1. The fourth-order valence-electron chi connectivity index (χ4n) is 8.79. The first-order valence-electron chi connectivity index (χ1n) is 24.3. The summed E-state index contributed by atoms with van der Waals surface area (Å²) in [4.78, 5) is 58.9.